The van der Waals surface area contributed by atoms with E-state index in [-0.39, 0.29) is 6.03 Å². The van der Waals surface area contributed by atoms with Crippen LogP contribution < -0.4 is 10.6 Å². The molecule has 25 heavy (non-hydrogen) atoms. The summed E-state index contributed by atoms with van der Waals surface area (Å²) in [5, 5.41) is 6.90. The first kappa shape index (κ1) is 17.5. The smallest absolute Gasteiger partial charge is 0.319 e. The quantitative estimate of drug-likeness (QED) is 0.636. The number of aromatic nitrogens is 2. The number of urea groups is 1. The number of halogens is 1. The van der Waals surface area contributed by atoms with Gasteiger partial charge in [0.25, 0.3) is 0 Å². The van der Waals surface area contributed by atoms with E-state index in [4.69, 9.17) is 0 Å². The second-order valence-electron chi connectivity index (χ2n) is 5.86. The minimum atomic E-state index is -0.197. The Morgan fingerprint density at radius 2 is 2.04 bits per heavy atom. The van der Waals surface area contributed by atoms with Gasteiger partial charge in [-0.2, -0.15) is 0 Å². The molecule has 0 aliphatic carbocycles. The molecule has 0 radical (unpaired) electrons. The molecule has 0 aliphatic rings. The van der Waals surface area contributed by atoms with Crippen molar-refractivity contribution in [1.82, 2.24) is 14.9 Å². The lowest BCUT2D eigenvalue weighted by atomic mass is 10.1. The number of anilines is 1. The Morgan fingerprint density at radius 1 is 1.24 bits per heavy atom. The van der Waals surface area contributed by atoms with Gasteiger partial charge in [-0.3, -0.25) is 0 Å². The first-order chi connectivity index (χ1) is 12.2. The van der Waals surface area contributed by atoms with E-state index in [0.29, 0.717) is 6.54 Å². The van der Waals surface area contributed by atoms with Gasteiger partial charge in [-0.25, -0.2) is 9.78 Å². The molecule has 2 N–H and O–H groups in total. The first-order valence-electron chi connectivity index (χ1n) is 8.40. The summed E-state index contributed by atoms with van der Waals surface area (Å²) in [4.78, 5) is 16.5. The maximum absolute atomic E-state index is 12.0. The highest BCUT2D eigenvalue weighted by atomic mass is 79.9. The van der Waals surface area contributed by atoms with E-state index in [2.05, 4.69) is 55.3 Å². The normalized spacial score (nSPS) is 10.8. The van der Waals surface area contributed by atoms with Gasteiger partial charge in [0.05, 0.1) is 0 Å². The van der Waals surface area contributed by atoms with E-state index >= 15 is 0 Å². The number of carbonyl (C=O) groups is 1. The molecule has 0 spiro atoms. The Bertz CT molecular complexity index is 857. The summed E-state index contributed by atoms with van der Waals surface area (Å²) < 4.78 is 3.17. The maximum Gasteiger partial charge on any atom is 0.319 e. The highest BCUT2D eigenvalue weighted by Gasteiger charge is 2.09. The number of hydrogen-bond donors (Lipinski definition) is 2. The van der Waals surface area contributed by atoms with Crippen LogP contribution in [0.25, 0.3) is 11.0 Å². The van der Waals surface area contributed by atoms with Crippen molar-refractivity contribution in [2.24, 2.45) is 0 Å². The predicted octanol–water partition coefficient (Wildman–Crippen LogP) is 4.57. The van der Waals surface area contributed by atoms with Crippen molar-refractivity contribution in [1.29, 1.82) is 0 Å². The van der Waals surface area contributed by atoms with E-state index in [0.717, 1.165) is 40.6 Å². The zero-order valence-corrected chi connectivity index (χ0v) is 15.7. The number of nitrogens with one attached hydrogen (secondary N) is 2. The average Bonchev–Trinajstić information content (AvgIpc) is 2.96. The average molecular weight is 401 g/mol. The molecule has 3 rings (SSSR count). The van der Waals surface area contributed by atoms with Crippen LogP contribution in [0.3, 0.4) is 0 Å². The molecule has 2 heterocycles. The Kier molecular flexibility index (Phi) is 5.71. The van der Waals surface area contributed by atoms with E-state index < -0.39 is 0 Å². The van der Waals surface area contributed by atoms with Gasteiger partial charge in [-0.05, 0) is 54.8 Å². The Hall–Kier alpha value is -2.34. The van der Waals surface area contributed by atoms with Crippen LogP contribution in [0.15, 0.2) is 53.3 Å². The van der Waals surface area contributed by atoms with Crippen LogP contribution in [-0.4, -0.2) is 22.1 Å². The molecular weight excluding hydrogens is 380 g/mol. The lowest BCUT2D eigenvalue weighted by Crippen LogP contribution is -2.30. The lowest BCUT2D eigenvalue weighted by molar-refractivity contribution is 0.252. The van der Waals surface area contributed by atoms with Gasteiger partial charge in [0.15, 0.2) is 0 Å². The third-order valence-electron chi connectivity index (χ3n) is 3.96. The van der Waals surface area contributed by atoms with E-state index in [9.17, 15) is 4.79 Å². The summed E-state index contributed by atoms with van der Waals surface area (Å²) in [6, 6.07) is 11.3. The van der Waals surface area contributed by atoms with Gasteiger partial charge in [0.1, 0.15) is 5.65 Å². The van der Waals surface area contributed by atoms with Crippen LogP contribution in [0.1, 0.15) is 18.9 Å². The van der Waals surface area contributed by atoms with Crippen molar-refractivity contribution >= 4 is 38.7 Å². The molecule has 3 aromatic rings. The topological polar surface area (TPSA) is 59.0 Å². The van der Waals surface area contributed by atoms with Crippen molar-refractivity contribution in [3.63, 3.8) is 0 Å². The highest BCUT2D eigenvalue weighted by molar-refractivity contribution is 9.10. The molecule has 5 nitrogen and oxygen atoms in total. The summed E-state index contributed by atoms with van der Waals surface area (Å²) in [6.07, 6.45) is 5.80. The van der Waals surface area contributed by atoms with Gasteiger partial charge in [0.2, 0.25) is 0 Å². The Balaban J connectivity index is 1.59. The molecule has 6 heteroatoms. The van der Waals surface area contributed by atoms with E-state index in [1.54, 1.807) is 0 Å². The molecule has 2 aromatic heterocycles. The third kappa shape index (κ3) is 4.39. The van der Waals surface area contributed by atoms with Crippen molar-refractivity contribution < 1.29 is 4.79 Å². The molecule has 0 saturated carbocycles. The Labute approximate surface area is 155 Å². The molecule has 130 valence electrons. The second kappa shape index (κ2) is 8.16. The summed E-state index contributed by atoms with van der Waals surface area (Å²) in [5.41, 5.74) is 2.99. The third-order valence-corrected chi connectivity index (χ3v) is 4.49. The van der Waals surface area contributed by atoms with Gasteiger partial charge in [-0.1, -0.05) is 22.9 Å². The van der Waals surface area contributed by atoms with Gasteiger partial charge in [-0.15, -0.1) is 0 Å². The first-order valence-corrected chi connectivity index (χ1v) is 9.20. The van der Waals surface area contributed by atoms with Gasteiger partial charge >= 0.3 is 6.03 Å². The zero-order chi connectivity index (χ0) is 17.6. The number of nitrogens with zero attached hydrogens (tertiary/aromatic N) is 2. The van der Waals surface area contributed by atoms with Gasteiger partial charge in [0, 0.05) is 41.0 Å². The molecule has 0 aliphatic heterocycles. The zero-order valence-electron chi connectivity index (χ0n) is 14.1. The number of carbonyl (C=O) groups excluding carboxylic acids is 1. The number of hydrogen-bond acceptors (Lipinski definition) is 2. The fourth-order valence-electron chi connectivity index (χ4n) is 2.83. The fraction of sp³-hybridized carbons (Fsp3) is 0.263. The summed E-state index contributed by atoms with van der Waals surface area (Å²) >= 11 is 3.38. The lowest BCUT2D eigenvalue weighted by Gasteiger charge is -2.07. The molecule has 2 amide bonds. The predicted molar refractivity (Wildman–Crippen MR) is 105 cm³/mol. The number of benzene rings is 1. The molecule has 0 bridgehead atoms. The molecular formula is C19H21BrN4O. The number of amides is 2. The van der Waals surface area contributed by atoms with Crippen molar-refractivity contribution in [3.05, 3.63) is 58.8 Å². The molecule has 0 atom stereocenters. The minimum absolute atomic E-state index is 0.197. The highest BCUT2D eigenvalue weighted by Crippen LogP contribution is 2.20. The number of rotatable bonds is 6. The molecule has 0 saturated heterocycles. The molecule has 0 unspecified atom stereocenters. The maximum atomic E-state index is 12.0. The largest absolute Gasteiger partial charge is 0.338 e. The SMILES string of the molecule is CCCn1cc(CCNC(=O)Nc2ccc(Br)cc2)c2cccnc21. The number of aryl methyl sites for hydroxylation is 1. The van der Waals surface area contributed by atoms with Crippen LogP contribution in [-0.2, 0) is 13.0 Å². The second-order valence-corrected chi connectivity index (χ2v) is 6.78. The number of fused-ring (bicyclic) bond motifs is 1. The van der Waals surface area contributed by atoms with Crippen molar-refractivity contribution in [2.45, 2.75) is 26.3 Å². The molecule has 0 fully saturated rings. The fourth-order valence-corrected chi connectivity index (χ4v) is 3.09. The van der Waals surface area contributed by atoms with Crippen LogP contribution in [0.2, 0.25) is 0 Å². The standard InChI is InChI=1S/C19H21BrN4O/c1-2-12-24-13-14(17-4-3-10-21-18(17)24)9-11-22-19(25)23-16-7-5-15(20)6-8-16/h3-8,10,13H,2,9,11-12H2,1H3,(H2,22,23,25). The van der Waals surface area contributed by atoms with E-state index in [1.165, 1.54) is 5.56 Å². The van der Waals surface area contributed by atoms with Gasteiger partial charge < -0.3 is 15.2 Å². The Morgan fingerprint density at radius 3 is 2.80 bits per heavy atom. The van der Waals surface area contributed by atoms with Crippen LogP contribution in [0.5, 0.6) is 0 Å². The van der Waals surface area contributed by atoms with Crippen molar-refractivity contribution in [2.75, 3.05) is 11.9 Å². The van der Waals surface area contributed by atoms with Crippen LogP contribution >= 0.6 is 15.9 Å². The van der Waals surface area contributed by atoms with Crippen LogP contribution in [0.4, 0.5) is 10.5 Å². The van der Waals surface area contributed by atoms with Crippen LogP contribution in [0, 0.1) is 0 Å². The van der Waals surface area contributed by atoms with Crippen molar-refractivity contribution in [3.8, 4) is 0 Å². The monoisotopic (exact) mass is 400 g/mol. The summed E-state index contributed by atoms with van der Waals surface area (Å²) in [5.74, 6) is 0. The minimum Gasteiger partial charge on any atom is -0.338 e. The molecule has 1 aromatic carbocycles. The number of pyridine rings is 1. The van der Waals surface area contributed by atoms with E-state index in [1.807, 2.05) is 36.5 Å². The summed E-state index contributed by atoms with van der Waals surface area (Å²) in [7, 11) is 0. The summed E-state index contributed by atoms with van der Waals surface area (Å²) in [6.45, 7) is 3.68.